The van der Waals surface area contributed by atoms with Gasteiger partial charge in [-0.1, -0.05) is 105 Å². The van der Waals surface area contributed by atoms with E-state index in [1.165, 1.54) is 15.9 Å². The van der Waals surface area contributed by atoms with Crippen LogP contribution >= 0.6 is 30.5 Å². The van der Waals surface area contributed by atoms with Crippen molar-refractivity contribution in [2.24, 2.45) is 0 Å². The highest BCUT2D eigenvalue weighted by molar-refractivity contribution is 7.95. The minimum atomic E-state index is -1.87. The van der Waals surface area contributed by atoms with Gasteiger partial charge < -0.3 is 4.43 Å². The maximum absolute atomic E-state index is 6.72. The van der Waals surface area contributed by atoms with Crippen molar-refractivity contribution >= 4 is 54.7 Å². The number of benzene rings is 3. The van der Waals surface area contributed by atoms with Gasteiger partial charge in [0.2, 0.25) is 0 Å². The molecular weight excluding hydrogens is 518 g/mol. The molecule has 3 aromatic carbocycles. The van der Waals surface area contributed by atoms with E-state index in [4.69, 9.17) is 27.6 Å². The van der Waals surface area contributed by atoms with Gasteiger partial charge in [0.1, 0.15) is 27.5 Å². The number of hydrogen-bond acceptors (Lipinski definition) is 1. The fraction of sp³-hybridized carbons (Fsp3) is 0.419. The highest BCUT2D eigenvalue weighted by Gasteiger charge is 2.44. The van der Waals surface area contributed by atoms with E-state index in [1.54, 1.807) is 0 Å². The summed E-state index contributed by atoms with van der Waals surface area (Å²) < 4.78 is 5.49. The van der Waals surface area contributed by atoms with Crippen LogP contribution in [0.2, 0.25) is 18.1 Å². The Balaban J connectivity index is 1.72. The van der Waals surface area contributed by atoms with E-state index in [0.29, 0.717) is 6.61 Å². The Hall–Kier alpha value is -1.15. The fourth-order valence-corrected chi connectivity index (χ4v) is 10.4. The van der Waals surface area contributed by atoms with Crippen LogP contribution in [0.4, 0.5) is 0 Å². The van der Waals surface area contributed by atoms with Crippen molar-refractivity contribution in [1.82, 2.24) is 0 Å². The monoisotopic (exact) mass is 559 g/mol. The molecule has 1 nitrogen and oxygen atoms in total. The smallest absolute Gasteiger partial charge is 0.192 e. The van der Waals surface area contributed by atoms with Crippen LogP contribution in [0.3, 0.4) is 0 Å². The number of unbranched alkanes of at least 4 members (excludes halogenated alkanes) is 2. The standard InChI is InChI=1S/C31H42Cl2OPSi/c1-30(2,3)36(4,5)34-26-31(32,33)24-16-9-17-25-35(27-18-10-6-11-19-27,28-20-12-7-13-21-28)29-22-14-8-15-23-29/h6-8,10-15,18-23H,9,16-17,24-26H2,1-5H3/q+1. The summed E-state index contributed by atoms with van der Waals surface area (Å²) in [7, 11) is -3.64. The van der Waals surface area contributed by atoms with Gasteiger partial charge in [-0.2, -0.15) is 0 Å². The average Bonchev–Trinajstić information content (AvgIpc) is 2.86. The zero-order valence-electron chi connectivity index (χ0n) is 22.5. The third-order valence-corrected chi connectivity index (χ3v) is 17.2. The molecule has 0 saturated carbocycles. The van der Waals surface area contributed by atoms with E-state index in [-0.39, 0.29) is 5.04 Å². The van der Waals surface area contributed by atoms with E-state index < -0.39 is 19.9 Å². The summed E-state index contributed by atoms with van der Waals surface area (Å²) in [5.74, 6) is 0. The van der Waals surface area contributed by atoms with Gasteiger partial charge in [-0.05, 0) is 73.8 Å². The van der Waals surface area contributed by atoms with E-state index in [0.717, 1.165) is 31.8 Å². The molecule has 5 heteroatoms. The van der Waals surface area contributed by atoms with Crippen molar-refractivity contribution < 1.29 is 4.43 Å². The molecule has 0 N–H and O–H groups in total. The van der Waals surface area contributed by atoms with Gasteiger partial charge in [0.25, 0.3) is 0 Å². The van der Waals surface area contributed by atoms with Crippen LogP contribution in [0.25, 0.3) is 0 Å². The zero-order valence-corrected chi connectivity index (χ0v) is 25.9. The lowest BCUT2D eigenvalue weighted by atomic mass is 10.1. The lowest BCUT2D eigenvalue weighted by molar-refractivity contribution is 0.268. The van der Waals surface area contributed by atoms with Gasteiger partial charge in [-0.15, -0.1) is 0 Å². The first-order valence-electron chi connectivity index (χ1n) is 13.0. The summed E-state index contributed by atoms with van der Waals surface area (Å²) >= 11 is 13.4. The molecule has 0 aliphatic rings. The second-order valence-electron chi connectivity index (χ2n) is 11.3. The third-order valence-electron chi connectivity index (χ3n) is 7.58. The average molecular weight is 561 g/mol. The molecule has 0 saturated heterocycles. The molecule has 0 aliphatic heterocycles. The van der Waals surface area contributed by atoms with Crippen molar-refractivity contribution in [2.75, 3.05) is 12.8 Å². The van der Waals surface area contributed by atoms with Crippen molar-refractivity contribution in [3.8, 4) is 0 Å². The summed E-state index contributed by atoms with van der Waals surface area (Å²) in [4.78, 5) is 0. The summed E-state index contributed by atoms with van der Waals surface area (Å²) in [6.07, 6.45) is 5.09. The van der Waals surface area contributed by atoms with Gasteiger partial charge in [-0.3, -0.25) is 0 Å². The summed E-state index contributed by atoms with van der Waals surface area (Å²) in [6, 6.07) is 33.3. The number of halogens is 2. The lowest BCUT2D eigenvalue weighted by Gasteiger charge is -2.37. The molecule has 3 aromatic rings. The van der Waals surface area contributed by atoms with Crippen LogP contribution in [-0.4, -0.2) is 25.4 Å². The first-order chi connectivity index (χ1) is 17.0. The Bertz CT molecular complexity index is 954. The molecular formula is C31H42Cl2OPSi+. The van der Waals surface area contributed by atoms with Crippen LogP contribution in [0.5, 0.6) is 0 Å². The Labute approximate surface area is 231 Å². The Morgan fingerprint density at radius 1 is 0.667 bits per heavy atom. The van der Waals surface area contributed by atoms with Crippen LogP contribution < -0.4 is 15.9 Å². The largest absolute Gasteiger partial charge is 0.414 e. The predicted octanol–water partition coefficient (Wildman–Crippen LogP) is 8.74. The molecule has 0 bridgehead atoms. The third kappa shape index (κ3) is 7.46. The maximum Gasteiger partial charge on any atom is 0.192 e. The Kier molecular flexibility index (Phi) is 10.3. The first kappa shape index (κ1) is 29.4. The summed E-state index contributed by atoms with van der Waals surface area (Å²) in [5, 5.41) is 4.47. The molecule has 0 fully saturated rings. The molecule has 0 atom stereocenters. The number of hydrogen-bond donors (Lipinski definition) is 0. The second kappa shape index (κ2) is 12.6. The second-order valence-corrected chi connectivity index (χ2v) is 21.3. The molecule has 36 heavy (non-hydrogen) atoms. The predicted molar refractivity (Wildman–Crippen MR) is 166 cm³/mol. The zero-order chi connectivity index (χ0) is 26.3. The normalized spacial score (nSPS) is 13.1. The van der Waals surface area contributed by atoms with Crippen molar-refractivity contribution in [2.45, 2.75) is 68.9 Å². The Morgan fingerprint density at radius 2 is 1.08 bits per heavy atom. The molecule has 0 unspecified atom stereocenters. The van der Waals surface area contributed by atoms with Gasteiger partial charge in [0.15, 0.2) is 8.32 Å². The molecule has 0 aliphatic carbocycles. The van der Waals surface area contributed by atoms with Crippen LogP contribution in [-0.2, 0) is 4.43 Å². The van der Waals surface area contributed by atoms with Crippen molar-refractivity contribution in [3.05, 3.63) is 91.0 Å². The van der Waals surface area contributed by atoms with E-state index >= 15 is 0 Å². The van der Waals surface area contributed by atoms with E-state index in [9.17, 15) is 0 Å². The molecule has 3 rings (SSSR count). The van der Waals surface area contributed by atoms with Gasteiger partial charge in [0.05, 0.1) is 12.8 Å². The number of alkyl halides is 2. The van der Waals surface area contributed by atoms with Crippen LogP contribution in [0.1, 0.15) is 46.5 Å². The fourth-order valence-electron chi connectivity index (χ4n) is 4.37. The molecule has 0 spiro atoms. The Morgan fingerprint density at radius 3 is 1.47 bits per heavy atom. The highest BCUT2D eigenvalue weighted by atomic mass is 35.5. The maximum atomic E-state index is 6.72. The summed E-state index contributed by atoms with van der Waals surface area (Å²) in [6.45, 7) is 11.6. The van der Waals surface area contributed by atoms with E-state index in [2.05, 4.69) is 125 Å². The minimum absolute atomic E-state index is 0.149. The van der Waals surface area contributed by atoms with Crippen LogP contribution in [0.15, 0.2) is 91.0 Å². The molecule has 194 valence electrons. The molecule has 0 amide bonds. The first-order valence-corrected chi connectivity index (χ1v) is 18.7. The topological polar surface area (TPSA) is 9.23 Å². The minimum Gasteiger partial charge on any atom is -0.414 e. The highest BCUT2D eigenvalue weighted by Crippen LogP contribution is 2.56. The lowest BCUT2D eigenvalue weighted by Crippen LogP contribution is -2.43. The SMILES string of the molecule is CC(C)(C)[Si](C)(C)OCC(Cl)(Cl)CCCCC[P+](c1ccccc1)(c1ccccc1)c1ccccc1. The van der Waals surface area contributed by atoms with Gasteiger partial charge in [0, 0.05) is 0 Å². The summed E-state index contributed by atoms with van der Waals surface area (Å²) in [5.41, 5.74) is 0. The van der Waals surface area contributed by atoms with Crippen LogP contribution in [0, 0.1) is 0 Å². The number of rotatable bonds is 12. The molecule has 0 radical (unpaired) electrons. The van der Waals surface area contributed by atoms with Crippen molar-refractivity contribution in [1.29, 1.82) is 0 Å². The van der Waals surface area contributed by atoms with E-state index in [1.807, 2.05) is 0 Å². The van der Waals surface area contributed by atoms with Crippen molar-refractivity contribution in [3.63, 3.8) is 0 Å². The molecule has 0 heterocycles. The van der Waals surface area contributed by atoms with Gasteiger partial charge >= 0.3 is 0 Å². The molecule has 0 aromatic heterocycles. The quantitative estimate of drug-likeness (QED) is 0.0932. The van der Waals surface area contributed by atoms with Gasteiger partial charge in [-0.25, -0.2) is 0 Å².